The molecule has 4 heteroatoms. The Morgan fingerprint density at radius 1 is 1.47 bits per heavy atom. The second-order valence-corrected chi connectivity index (χ2v) is 4.74. The molecule has 1 heterocycles. The SMILES string of the molecule is O=C(CCCl)N1CCOC[C@@H]2CCC[C@@H]21. The minimum atomic E-state index is 0.201. The van der Waals surface area contributed by atoms with E-state index in [1.807, 2.05) is 4.90 Å². The van der Waals surface area contributed by atoms with Crippen molar-refractivity contribution in [2.75, 3.05) is 25.6 Å². The molecule has 0 unspecified atom stereocenters. The monoisotopic (exact) mass is 231 g/mol. The molecule has 0 spiro atoms. The standard InChI is InChI=1S/C11H18ClNO2/c12-5-4-11(14)13-6-7-15-8-9-2-1-3-10(9)13/h9-10H,1-8H2/t9-,10-/m0/s1. The van der Waals surface area contributed by atoms with Crippen LogP contribution in [-0.4, -0.2) is 42.5 Å². The van der Waals surface area contributed by atoms with Crippen LogP contribution in [0.25, 0.3) is 0 Å². The molecule has 0 aromatic heterocycles. The summed E-state index contributed by atoms with van der Waals surface area (Å²) < 4.78 is 5.54. The lowest BCUT2D eigenvalue weighted by atomic mass is 10.0. The third-order valence-corrected chi connectivity index (χ3v) is 3.65. The van der Waals surface area contributed by atoms with Gasteiger partial charge in [-0.15, -0.1) is 11.6 Å². The van der Waals surface area contributed by atoms with Crippen molar-refractivity contribution in [1.82, 2.24) is 4.90 Å². The van der Waals surface area contributed by atoms with E-state index in [9.17, 15) is 4.79 Å². The number of fused-ring (bicyclic) bond motifs is 1. The molecule has 1 aliphatic heterocycles. The van der Waals surface area contributed by atoms with Crippen molar-refractivity contribution in [1.29, 1.82) is 0 Å². The van der Waals surface area contributed by atoms with Crippen LogP contribution in [0.1, 0.15) is 25.7 Å². The van der Waals surface area contributed by atoms with Crippen LogP contribution in [0.15, 0.2) is 0 Å². The minimum Gasteiger partial charge on any atom is -0.379 e. The van der Waals surface area contributed by atoms with Gasteiger partial charge in [0.15, 0.2) is 0 Å². The number of carbonyl (C=O) groups is 1. The van der Waals surface area contributed by atoms with Crippen LogP contribution in [0.2, 0.25) is 0 Å². The van der Waals surface area contributed by atoms with E-state index < -0.39 is 0 Å². The highest BCUT2D eigenvalue weighted by atomic mass is 35.5. The van der Waals surface area contributed by atoms with Crippen molar-refractivity contribution in [2.24, 2.45) is 5.92 Å². The maximum Gasteiger partial charge on any atom is 0.224 e. The van der Waals surface area contributed by atoms with E-state index in [-0.39, 0.29) is 5.91 Å². The van der Waals surface area contributed by atoms with Gasteiger partial charge in [-0.25, -0.2) is 0 Å². The smallest absolute Gasteiger partial charge is 0.224 e. The maximum atomic E-state index is 11.9. The number of nitrogens with zero attached hydrogens (tertiary/aromatic N) is 1. The number of halogens is 1. The van der Waals surface area contributed by atoms with E-state index in [1.165, 1.54) is 12.8 Å². The molecule has 86 valence electrons. The number of amides is 1. The molecule has 2 atom stereocenters. The first-order chi connectivity index (χ1) is 7.33. The summed E-state index contributed by atoms with van der Waals surface area (Å²) in [6.07, 6.45) is 4.03. The largest absolute Gasteiger partial charge is 0.379 e. The zero-order valence-corrected chi connectivity index (χ0v) is 9.71. The molecule has 0 aromatic rings. The summed E-state index contributed by atoms with van der Waals surface area (Å²) in [7, 11) is 0. The predicted molar refractivity (Wildman–Crippen MR) is 59.0 cm³/mol. The predicted octanol–water partition coefficient (Wildman–Crippen LogP) is 1.64. The summed E-state index contributed by atoms with van der Waals surface area (Å²) in [5.41, 5.74) is 0. The van der Waals surface area contributed by atoms with Crippen LogP contribution < -0.4 is 0 Å². The zero-order valence-electron chi connectivity index (χ0n) is 8.95. The molecule has 1 saturated carbocycles. The lowest BCUT2D eigenvalue weighted by Gasteiger charge is -2.29. The first-order valence-electron chi connectivity index (χ1n) is 5.76. The van der Waals surface area contributed by atoms with Crippen molar-refractivity contribution < 1.29 is 9.53 Å². The number of hydrogen-bond acceptors (Lipinski definition) is 2. The second kappa shape index (κ2) is 5.17. The molecule has 0 aromatic carbocycles. The van der Waals surface area contributed by atoms with Gasteiger partial charge in [0.2, 0.25) is 5.91 Å². The van der Waals surface area contributed by atoms with E-state index in [0.717, 1.165) is 19.6 Å². The maximum absolute atomic E-state index is 11.9. The molecule has 1 amide bonds. The van der Waals surface area contributed by atoms with Crippen molar-refractivity contribution in [2.45, 2.75) is 31.7 Å². The quantitative estimate of drug-likeness (QED) is 0.677. The van der Waals surface area contributed by atoms with E-state index in [0.29, 0.717) is 30.9 Å². The topological polar surface area (TPSA) is 29.5 Å². The molecule has 0 bridgehead atoms. The van der Waals surface area contributed by atoms with E-state index in [4.69, 9.17) is 16.3 Å². The highest BCUT2D eigenvalue weighted by Crippen LogP contribution is 2.32. The lowest BCUT2D eigenvalue weighted by Crippen LogP contribution is -2.42. The first kappa shape index (κ1) is 11.2. The van der Waals surface area contributed by atoms with Gasteiger partial charge in [0.05, 0.1) is 13.2 Å². The Hall–Kier alpha value is -0.280. The zero-order chi connectivity index (χ0) is 10.7. The molecule has 0 N–H and O–H groups in total. The van der Waals surface area contributed by atoms with Crippen LogP contribution in [0.3, 0.4) is 0 Å². The van der Waals surface area contributed by atoms with Gasteiger partial charge < -0.3 is 9.64 Å². The number of hydrogen-bond donors (Lipinski definition) is 0. The molecule has 2 fully saturated rings. The summed E-state index contributed by atoms with van der Waals surface area (Å²) in [6, 6.07) is 0.420. The third-order valence-electron chi connectivity index (χ3n) is 3.46. The molecule has 1 saturated heterocycles. The molecular weight excluding hydrogens is 214 g/mol. The fourth-order valence-electron chi connectivity index (χ4n) is 2.72. The Bertz CT molecular complexity index is 235. The Morgan fingerprint density at radius 2 is 2.33 bits per heavy atom. The van der Waals surface area contributed by atoms with Crippen LogP contribution in [0.4, 0.5) is 0 Å². The molecule has 2 rings (SSSR count). The fourth-order valence-corrected chi connectivity index (χ4v) is 2.88. The van der Waals surface area contributed by atoms with Crippen LogP contribution >= 0.6 is 11.6 Å². The number of rotatable bonds is 2. The summed E-state index contributed by atoms with van der Waals surface area (Å²) in [5.74, 6) is 1.19. The number of alkyl halides is 1. The number of ether oxygens (including phenoxy) is 1. The van der Waals surface area contributed by atoms with E-state index in [1.54, 1.807) is 0 Å². The van der Waals surface area contributed by atoms with Gasteiger partial charge in [0.25, 0.3) is 0 Å². The molecule has 1 aliphatic carbocycles. The van der Waals surface area contributed by atoms with Crippen molar-refractivity contribution >= 4 is 17.5 Å². The van der Waals surface area contributed by atoms with Gasteiger partial charge >= 0.3 is 0 Å². The molecule has 0 radical (unpaired) electrons. The lowest BCUT2D eigenvalue weighted by molar-refractivity contribution is -0.133. The van der Waals surface area contributed by atoms with E-state index >= 15 is 0 Å². The Morgan fingerprint density at radius 3 is 3.13 bits per heavy atom. The van der Waals surface area contributed by atoms with Crippen LogP contribution in [0.5, 0.6) is 0 Å². The molecule has 3 nitrogen and oxygen atoms in total. The summed E-state index contributed by atoms with van der Waals surface area (Å²) in [4.78, 5) is 13.9. The molecular formula is C11H18ClNO2. The van der Waals surface area contributed by atoms with Crippen LogP contribution in [-0.2, 0) is 9.53 Å². The van der Waals surface area contributed by atoms with Crippen molar-refractivity contribution in [3.8, 4) is 0 Å². The normalized spacial score (nSPS) is 31.1. The summed E-state index contributed by atoms with van der Waals surface area (Å²) >= 11 is 5.62. The molecule has 15 heavy (non-hydrogen) atoms. The summed E-state index contributed by atoms with van der Waals surface area (Å²) in [6.45, 7) is 2.26. The van der Waals surface area contributed by atoms with Gasteiger partial charge in [0, 0.05) is 30.8 Å². The number of carbonyl (C=O) groups excluding carboxylic acids is 1. The van der Waals surface area contributed by atoms with Gasteiger partial charge in [-0.1, -0.05) is 6.42 Å². The third kappa shape index (κ3) is 2.45. The van der Waals surface area contributed by atoms with E-state index in [2.05, 4.69) is 0 Å². The van der Waals surface area contributed by atoms with Crippen LogP contribution in [0, 0.1) is 5.92 Å². The van der Waals surface area contributed by atoms with Crippen molar-refractivity contribution in [3.63, 3.8) is 0 Å². The fraction of sp³-hybridized carbons (Fsp3) is 0.909. The average molecular weight is 232 g/mol. The van der Waals surface area contributed by atoms with Crippen molar-refractivity contribution in [3.05, 3.63) is 0 Å². The Balaban J connectivity index is 2.03. The van der Waals surface area contributed by atoms with Gasteiger partial charge in [-0.2, -0.15) is 0 Å². The summed E-state index contributed by atoms with van der Waals surface area (Å²) in [5, 5.41) is 0. The van der Waals surface area contributed by atoms with Gasteiger partial charge in [0.1, 0.15) is 0 Å². The Kier molecular flexibility index (Phi) is 3.87. The highest BCUT2D eigenvalue weighted by Gasteiger charge is 2.35. The second-order valence-electron chi connectivity index (χ2n) is 4.36. The minimum absolute atomic E-state index is 0.201. The first-order valence-corrected chi connectivity index (χ1v) is 6.29. The average Bonchev–Trinajstić information content (AvgIpc) is 2.58. The highest BCUT2D eigenvalue weighted by molar-refractivity contribution is 6.18. The molecule has 2 aliphatic rings. The van der Waals surface area contributed by atoms with Gasteiger partial charge in [-0.05, 0) is 12.8 Å². The van der Waals surface area contributed by atoms with Gasteiger partial charge in [-0.3, -0.25) is 4.79 Å². The Labute approximate surface area is 95.7 Å².